The van der Waals surface area contributed by atoms with Crippen molar-refractivity contribution in [3.05, 3.63) is 43.1 Å². The van der Waals surface area contributed by atoms with Crippen molar-refractivity contribution in [2.45, 2.75) is 19.9 Å². The zero-order chi connectivity index (χ0) is 13.1. The van der Waals surface area contributed by atoms with Crippen LogP contribution in [0.5, 0.6) is 0 Å². The van der Waals surface area contributed by atoms with Crippen molar-refractivity contribution in [3.8, 4) is 17.2 Å². The smallest absolute Gasteiger partial charge is 0.160 e. The van der Waals surface area contributed by atoms with E-state index in [2.05, 4.69) is 27.2 Å². The molecule has 0 aliphatic rings. The number of aryl methyl sites for hydroxylation is 1. The Hall–Kier alpha value is -2.50. The Bertz CT molecular complexity index is 638. The number of hydrogen-bond donors (Lipinski definition) is 0. The highest BCUT2D eigenvalue weighted by atomic mass is 15.3. The molecule has 0 saturated heterocycles. The highest BCUT2D eigenvalue weighted by Crippen LogP contribution is 2.16. The van der Waals surface area contributed by atoms with Gasteiger partial charge in [0, 0.05) is 25.1 Å². The summed E-state index contributed by atoms with van der Waals surface area (Å²) in [5.41, 5.74) is 1.82. The fourth-order valence-electron chi connectivity index (χ4n) is 1.93. The second-order valence-corrected chi connectivity index (χ2v) is 4.19. The molecule has 0 radical (unpaired) electrons. The maximum atomic E-state index is 4.29. The lowest BCUT2D eigenvalue weighted by Gasteiger charge is -2.05. The van der Waals surface area contributed by atoms with Crippen molar-refractivity contribution >= 4 is 0 Å². The number of nitrogens with zero attached hydrogens (tertiary/aromatic N) is 6. The van der Waals surface area contributed by atoms with Gasteiger partial charge in [0.05, 0.1) is 5.69 Å². The highest BCUT2D eigenvalue weighted by molar-refractivity contribution is 5.53. The maximum Gasteiger partial charge on any atom is 0.160 e. The van der Waals surface area contributed by atoms with Gasteiger partial charge in [-0.25, -0.2) is 4.98 Å². The van der Waals surface area contributed by atoms with E-state index in [1.165, 1.54) is 0 Å². The average molecular weight is 254 g/mol. The van der Waals surface area contributed by atoms with E-state index in [1.54, 1.807) is 18.7 Å². The van der Waals surface area contributed by atoms with Gasteiger partial charge in [-0.3, -0.25) is 9.25 Å². The molecule has 3 aromatic heterocycles. The van der Waals surface area contributed by atoms with Gasteiger partial charge in [-0.05, 0) is 24.6 Å². The molecular formula is C13H14N6. The van der Waals surface area contributed by atoms with Crippen LogP contribution in [0.2, 0.25) is 0 Å². The van der Waals surface area contributed by atoms with Crippen molar-refractivity contribution in [1.29, 1.82) is 0 Å². The second-order valence-electron chi connectivity index (χ2n) is 4.19. The first-order chi connectivity index (χ1) is 9.38. The predicted octanol–water partition coefficient (Wildman–Crippen LogP) is 1.94. The van der Waals surface area contributed by atoms with Crippen molar-refractivity contribution in [1.82, 2.24) is 29.5 Å². The molecular weight excluding hydrogens is 240 g/mol. The Labute approximate surface area is 110 Å². The molecule has 0 saturated carbocycles. The normalized spacial score (nSPS) is 10.8. The Morgan fingerprint density at radius 3 is 2.74 bits per heavy atom. The first-order valence-electron chi connectivity index (χ1n) is 6.22. The van der Waals surface area contributed by atoms with Gasteiger partial charge in [0.25, 0.3) is 0 Å². The molecule has 0 fully saturated rings. The average Bonchev–Trinajstić information content (AvgIpc) is 3.10. The SMILES string of the molecule is CCCn1nccc1-c1ccc(-n2ccnc2)nn1. The summed E-state index contributed by atoms with van der Waals surface area (Å²) in [6.07, 6.45) is 8.08. The molecule has 0 aliphatic carbocycles. The van der Waals surface area contributed by atoms with Crippen LogP contribution in [0.3, 0.4) is 0 Å². The summed E-state index contributed by atoms with van der Waals surface area (Å²) >= 11 is 0. The minimum absolute atomic E-state index is 0.753. The van der Waals surface area contributed by atoms with E-state index in [4.69, 9.17) is 0 Å². The van der Waals surface area contributed by atoms with E-state index in [-0.39, 0.29) is 0 Å². The van der Waals surface area contributed by atoms with E-state index < -0.39 is 0 Å². The zero-order valence-corrected chi connectivity index (χ0v) is 10.6. The van der Waals surface area contributed by atoms with Crippen LogP contribution >= 0.6 is 0 Å². The molecule has 0 aliphatic heterocycles. The van der Waals surface area contributed by atoms with E-state index in [0.29, 0.717) is 0 Å². The molecule has 0 bridgehead atoms. The Balaban J connectivity index is 1.92. The standard InChI is InChI=1S/C13H14N6/c1-2-8-19-12(5-6-15-19)11-3-4-13(17-16-11)18-9-7-14-10-18/h3-7,9-10H,2,8H2,1H3. The molecule has 0 aromatic carbocycles. The van der Waals surface area contributed by atoms with E-state index in [1.807, 2.05) is 33.6 Å². The van der Waals surface area contributed by atoms with Crippen LogP contribution < -0.4 is 0 Å². The molecule has 6 nitrogen and oxygen atoms in total. The van der Waals surface area contributed by atoms with E-state index in [0.717, 1.165) is 30.2 Å². The summed E-state index contributed by atoms with van der Waals surface area (Å²) in [4.78, 5) is 3.99. The predicted molar refractivity (Wildman–Crippen MR) is 70.7 cm³/mol. The summed E-state index contributed by atoms with van der Waals surface area (Å²) < 4.78 is 3.76. The minimum atomic E-state index is 0.753. The first kappa shape index (κ1) is 11.6. The summed E-state index contributed by atoms with van der Waals surface area (Å²) in [5.74, 6) is 0.753. The minimum Gasteiger partial charge on any atom is -0.289 e. The molecule has 0 amide bonds. The summed E-state index contributed by atoms with van der Waals surface area (Å²) in [6.45, 7) is 3.01. The lowest BCUT2D eigenvalue weighted by molar-refractivity contribution is 0.607. The summed E-state index contributed by atoms with van der Waals surface area (Å²) in [7, 11) is 0. The lowest BCUT2D eigenvalue weighted by Crippen LogP contribution is -2.03. The van der Waals surface area contributed by atoms with Gasteiger partial charge in [0.15, 0.2) is 5.82 Å². The number of rotatable bonds is 4. The molecule has 3 heterocycles. The molecule has 3 aromatic rings. The Morgan fingerprint density at radius 1 is 1.11 bits per heavy atom. The van der Waals surface area contributed by atoms with Crippen LogP contribution in [-0.2, 0) is 6.54 Å². The van der Waals surface area contributed by atoms with Crippen molar-refractivity contribution in [3.63, 3.8) is 0 Å². The van der Waals surface area contributed by atoms with Gasteiger partial charge in [0.2, 0.25) is 0 Å². The molecule has 96 valence electrons. The third-order valence-electron chi connectivity index (χ3n) is 2.83. The number of hydrogen-bond acceptors (Lipinski definition) is 4. The van der Waals surface area contributed by atoms with Crippen LogP contribution in [-0.4, -0.2) is 29.5 Å². The fourth-order valence-corrected chi connectivity index (χ4v) is 1.93. The topological polar surface area (TPSA) is 61.4 Å². The van der Waals surface area contributed by atoms with Crippen LogP contribution in [0.25, 0.3) is 17.2 Å². The maximum absolute atomic E-state index is 4.29. The zero-order valence-electron chi connectivity index (χ0n) is 10.6. The summed E-state index contributed by atoms with van der Waals surface area (Å²) in [5, 5.41) is 12.8. The number of imidazole rings is 1. The molecule has 19 heavy (non-hydrogen) atoms. The van der Waals surface area contributed by atoms with Gasteiger partial charge in [-0.1, -0.05) is 6.92 Å². The van der Waals surface area contributed by atoms with Crippen molar-refractivity contribution < 1.29 is 0 Å². The van der Waals surface area contributed by atoms with Gasteiger partial charge >= 0.3 is 0 Å². The number of aromatic nitrogens is 6. The Morgan fingerprint density at radius 2 is 2.05 bits per heavy atom. The molecule has 0 atom stereocenters. The van der Waals surface area contributed by atoms with Crippen LogP contribution in [0.4, 0.5) is 0 Å². The van der Waals surface area contributed by atoms with Crippen molar-refractivity contribution in [2.24, 2.45) is 0 Å². The highest BCUT2D eigenvalue weighted by Gasteiger charge is 2.07. The fraction of sp³-hybridized carbons (Fsp3) is 0.231. The molecule has 0 unspecified atom stereocenters. The van der Waals surface area contributed by atoms with Gasteiger partial charge < -0.3 is 0 Å². The first-order valence-corrected chi connectivity index (χ1v) is 6.22. The summed E-state index contributed by atoms with van der Waals surface area (Å²) in [6, 6.07) is 5.83. The van der Waals surface area contributed by atoms with Crippen molar-refractivity contribution in [2.75, 3.05) is 0 Å². The van der Waals surface area contributed by atoms with E-state index >= 15 is 0 Å². The van der Waals surface area contributed by atoms with Gasteiger partial charge in [-0.15, -0.1) is 10.2 Å². The van der Waals surface area contributed by atoms with Crippen LogP contribution in [0.1, 0.15) is 13.3 Å². The molecule has 0 spiro atoms. The monoisotopic (exact) mass is 254 g/mol. The van der Waals surface area contributed by atoms with Crippen LogP contribution in [0, 0.1) is 0 Å². The quantitative estimate of drug-likeness (QED) is 0.713. The molecule has 6 heteroatoms. The second kappa shape index (κ2) is 5.01. The van der Waals surface area contributed by atoms with Gasteiger partial charge in [0.1, 0.15) is 12.0 Å². The third kappa shape index (κ3) is 2.24. The third-order valence-corrected chi connectivity index (χ3v) is 2.83. The van der Waals surface area contributed by atoms with Gasteiger partial charge in [-0.2, -0.15) is 5.10 Å². The lowest BCUT2D eigenvalue weighted by atomic mass is 10.3. The molecule has 0 N–H and O–H groups in total. The van der Waals surface area contributed by atoms with E-state index in [9.17, 15) is 0 Å². The Kier molecular flexibility index (Phi) is 3.06. The van der Waals surface area contributed by atoms with Crippen LogP contribution in [0.15, 0.2) is 43.1 Å². The largest absolute Gasteiger partial charge is 0.289 e. The molecule has 3 rings (SSSR count).